The molecule has 1 aliphatic rings. The van der Waals surface area contributed by atoms with Gasteiger partial charge in [0.2, 0.25) is 10.0 Å². The van der Waals surface area contributed by atoms with Gasteiger partial charge < -0.3 is 0 Å². The molecule has 0 unspecified atom stereocenters. The van der Waals surface area contributed by atoms with E-state index >= 15 is 0 Å². The van der Waals surface area contributed by atoms with Crippen molar-refractivity contribution in [1.82, 2.24) is 4.72 Å². The number of nitrogens with one attached hydrogen (secondary N) is 1. The Morgan fingerprint density at radius 3 is 2.48 bits per heavy atom. The summed E-state index contributed by atoms with van der Waals surface area (Å²) < 4.78 is 27.8. The van der Waals surface area contributed by atoms with Gasteiger partial charge in [0.1, 0.15) is 5.54 Å². The number of benzene rings is 1. The molecule has 21 heavy (non-hydrogen) atoms. The average molecular weight is 306 g/mol. The van der Waals surface area contributed by atoms with Gasteiger partial charge in [0.15, 0.2) is 0 Å². The molecular weight excluding hydrogens is 284 g/mol. The summed E-state index contributed by atoms with van der Waals surface area (Å²) in [4.78, 5) is 0.261. The van der Waals surface area contributed by atoms with Gasteiger partial charge in [-0.1, -0.05) is 31.5 Å². The molecule has 0 heterocycles. The fourth-order valence-electron chi connectivity index (χ4n) is 2.99. The molecule has 0 radical (unpaired) electrons. The minimum absolute atomic E-state index is 0.261. The monoisotopic (exact) mass is 306 g/mol. The lowest BCUT2D eigenvalue weighted by molar-refractivity contribution is 0.259. The van der Waals surface area contributed by atoms with Gasteiger partial charge in [0, 0.05) is 0 Å². The van der Waals surface area contributed by atoms with Crippen LogP contribution >= 0.6 is 0 Å². The highest BCUT2D eigenvalue weighted by Gasteiger charge is 2.39. The summed E-state index contributed by atoms with van der Waals surface area (Å²) >= 11 is 0. The standard InChI is InChI=1S/C16H22N2O2S/c1-3-14-8-10-16(12-17,11-9-14)18-21(19,20)15-7-5-4-6-13(15)2/h4-7,14,18H,3,8-11H2,1-2H3. The predicted octanol–water partition coefficient (Wildman–Crippen LogP) is 3.14. The molecule has 1 N–H and O–H groups in total. The summed E-state index contributed by atoms with van der Waals surface area (Å²) in [6.45, 7) is 3.91. The van der Waals surface area contributed by atoms with Gasteiger partial charge in [-0.15, -0.1) is 0 Å². The van der Waals surface area contributed by atoms with Crippen molar-refractivity contribution in [2.75, 3.05) is 0 Å². The average Bonchev–Trinajstić information content (AvgIpc) is 2.48. The van der Waals surface area contributed by atoms with Crippen LogP contribution < -0.4 is 4.72 Å². The number of hydrogen-bond donors (Lipinski definition) is 1. The largest absolute Gasteiger partial charge is 0.242 e. The molecule has 5 heteroatoms. The fraction of sp³-hybridized carbons (Fsp3) is 0.562. The Labute approximate surface area is 127 Å². The second kappa shape index (κ2) is 6.17. The minimum Gasteiger partial charge on any atom is -0.207 e. The third-order valence-corrected chi connectivity index (χ3v) is 6.16. The van der Waals surface area contributed by atoms with Crippen LogP contribution in [0.25, 0.3) is 0 Å². The molecule has 1 aromatic carbocycles. The number of sulfonamides is 1. The minimum atomic E-state index is -3.66. The maximum absolute atomic E-state index is 12.6. The number of rotatable bonds is 4. The molecule has 0 aliphatic heterocycles. The maximum atomic E-state index is 12.6. The van der Waals surface area contributed by atoms with E-state index in [1.807, 2.05) is 0 Å². The fourth-order valence-corrected chi connectivity index (χ4v) is 4.61. The number of hydrogen-bond acceptors (Lipinski definition) is 3. The van der Waals surface area contributed by atoms with Crippen molar-refractivity contribution >= 4 is 10.0 Å². The highest BCUT2D eigenvalue weighted by Crippen LogP contribution is 2.34. The van der Waals surface area contributed by atoms with Crippen LogP contribution in [-0.4, -0.2) is 14.0 Å². The van der Waals surface area contributed by atoms with Crippen molar-refractivity contribution < 1.29 is 8.42 Å². The molecule has 0 bridgehead atoms. The van der Waals surface area contributed by atoms with E-state index in [0.717, 1.165) is 19.3 Å². The van der Waals surface area contributed by atoms with Crippen LogP contribution in [0.3, 0.4) is 0 Å². The lowest BCUT2D eigenvalue weighted by Gasteiger charge is -2.35. The van der Waals surface area contributed by atoms with Gasteiger partial charge in [-0.2, -0.15) is 9.98 Å². The Hall–Kier alpha value is -1.38. The van der Waals surface area contributed by atoms with E-state index in [9.17, 15) is 13.7 Å². The Morgan fingerprint density at radius 1 is 1.33 bits per heavy atom. The second-order valence-corrected chi connectivity index (χ2v) is 7.57. The van der Waals surface area contributed by atoms with Crippen LogP contribution in [0.15, 0.2) is 29.2 Å². The third kappa shape index (κ3) is 3.45. The summed E-state index contributed by atoms with van der Waals surface area (Å²) in [5, 5.41) is 9.50. The Morgan fingerprint density at radius 2 is 1.95 bits per heavy atom. The Balaban J connectivity index is 2.23. The molecular formula is C16H22N2O2S. The number of nitrogens with zero attached hydrogens (tertiary/aromatic N) is 1. The molecule has 114 valence electrons. The lowest BCUT2D eigenvalue weighted by atomic mass is 9.77. The highest BCUT2D eigenvalue weighted by molar-refractivity contribution is 7.89. The number of nitriles is 1. The molecule has 0 saturated heterocycles. The molecule has 4 nitrogen and oxygen atoms in total. The van der Waals surface area contributed by atoms with Crippen LogP contribution in [-0.2, 0) is 10.0 Å². The van der Waals surface area contributed by atoms with Gasteiger partial charge >= 0.3 is 0 Å². The first-order chi connectivity index (χ1) is 9.92. The van der Waals surface area contributed by atoms with Gasteiger partial charge in [-0.3, -0.25) is 0 Å². The SMILES string of the molecule is CCC1CCC(C#N)(NS(=O)(=O)c2ccccc2C)CC1. The molecule has 0 aromatic heterocycles. The smallest absolute Gasteiger partial charge is 0.207 e. The molecule has 0 atom stereocenters. The van der Waals surface area contributed by atoms with Crippen molar-refractivity contribution in [2.45, 2.75) is 56.4 Å². The van der Waals surface area contributed by atoms with E-state index in [0.29, 0.717) is 24.3 Å². The zero-order valence-corrected chi connectivity index (χ0v) is 13.4. The van der Waals surface area contributed by atoms with Crippen molar-refractivity contribution in [3.63, 3.8) is 0 Å². The normalized spacial score (nSPS) is 26.2. The van der Waals surface area contributed by atoms with Crippen LogP contribution in [0.5, 0.6) is 0 Å². The maximum Gasteiger partial charge on any atom is 0.242 e. The Kier molecular flexibility index (Phi) is 4.70. The molecule has 0 amide bonds. The van der Waals surface area contributed by atoms with Crippen LogP contribution in [0.2, 0.25) is 0 Å². The van der Waals surface area contributed by atoms with E-state index in [1.165, 1.54) is 0 Å². The second-order valence-electron chi connectivity index (χ2n) is 5.92. The van der Waals surface area contributed by atoms with E-state index < -0.39 is 15.6 Å². The van der Waals surface area contributed by atoms with E-state index in [-0.39, 0.29) is 4.90 Å². The summed E-state index contributed by atoms with van der Waals surface area (Å²) in [7, 11) is -3.66. The lowest BCUT2D eigenvalue weighted by Crippen LogP contribution is -2.49. The van der Waals surface area contributed by atoms with Crippen molar-refractivity contribution in [3.05, 3.63) is 29.8 Å². The van der Waals surface area contributed by atoms with Crippen molar-refractivity contribution in [3.8, 4) is 6.07 Å². The van der Waals surface area contributed by atoms with Gasteiger partial charge in [0.25, 0.3) is 0 Å². The molecule has 1 fully saturated rings. The first-order valence-corrected chi connectivity index (χ1v) is 8.91. The Bertz CT molecular complexity index is 638. The first-order valence-electron chi connectivity index (χ1n) is 7.43. The summed E-state index contributed by atoms with van der Waals surface area (Å²) in [5.74, 6) is 0.606. The summed E-state index contributed by atoms with van der Waals surface area (Å²) in [6.07, 6.45) is 4.08. The van der Waals surface area contributed by atoms with E-state index in [4.69, 9.17) is 0 Å². The topological polar surface area (TPSA) is 70.0 Å². The summed E-state index contributed by atoms with van der Waals surface area (Å²) in [6, 6.07) is 9.08. The predicted molar refractivity (Wildman–Crippen MR) is 82.1 cm³/mol. The van der Waals surface area contributed by atoms with Gasteiger partial charge in [0.05, 0.1) is 11.0 Å². The molecule has 1 aromatic rings. The quantitative estimate of drug-likeness (QED) is 0.929. The van der Waals surface area contributed by atoms with E-state index in [2.05, 4.69) is 17.7 Å². The molecule has 1 aliphatic carbocycles. The van der Waals surface area contributed by atoms with E-state index in [1.54, 1.807) is 31.2 Å². The van der Waals surface area contributed by atoms with Crippen LogP contribution in [0.4, 0.5) is 0 Å². The molecule has 1 saturated carbocycles. The third-order valence-electron chi connectivity index (χ3n) is 4.46. The highest BCUT2D eigenvalue weighted by atomic mass is 32.2. The molecule has 0 spiro atoms. The molecule has 2 rings (SSSR count). The van der Waals surface area contributed by atoms with Crippen LogP contribution in [0, 0.1) is 24.2 Å². The van der Waals surface area contributed by atoms with Crippen molar-refractivity contribution in [2.24, 2.45) is 5.92 Å². The van der Waals surface area contributed by atoms with Crippen LogP contribution in [0.1, 0.15) is 44.6 Å². The summed E-state index contributed by atoms with van der Waals surface area (Å²) in [5.41, 5.74) is -0.257. The first kappa shape index (κ1) is 16.0. The zero-order valence-electron chi connectivity index (χ0n) is 12.6. The van der Waals surface area contributed by atoms with Gasteiger partial charge in [-0.25, -0.2) is 8.42 Å². The van der Waals surface area contributed by atoms with Crippen molar-refractivity contribution in [1.29, 1.82) is 5.26 Å². The number of aryl methyl sites for hydroxylation is 1. The van der Waals surface area contributed by atoms with Gasteiger partial charge in [-0.05, 0) is 50.2 Å². The zero-order chi connectivity index (χ0) is 15.5.